The van der Waals surface area contributed by atoms with Crippen LogP contribution in [0.2, 0.25) is 0 Å². The molecule has 0 saturated carbocycles. The molecule has 0 fully saturated rings. The van der Waals surface area contributed by atoms with E-state index in [2.05, 4.69) is 27.4 Å². The van der Waals surface area contributed by atoms with Crippen LogP contribution in [0.25, 0.3) is 0 Å². The molecule has 18 heavy (non-hydrogen) atoms. The molecule has 96 valence electrons. The van der Waals surface area contributed by atoms with E-state index in [1.54, 1.807) is 17.4 Å². The van der Waals surface area contributed by atoms with Gasteiger partial charge in [-0.05, 0) is 51.8 Å². The lowest BCUT2D eigenvalue weighted by atomic mass is 10.0. The molecule has 1 unspecified atom stereocenters. The highest BCUT2D eigenvalue weighted by molar-refractivity contribution is 9.10. The van der Waals surface area contributed by atoms with Crippen molar-refractivity contribution in [2.75, 3.05) is 0 Å². The summed E-state index contributed by atoms with van der Waals surface area (Å²) in [7, 11) is 0. The second-order valence-corrected chi connectivity index (χ2v) is 5.89. The van der Waals surface area contributed by atoms with E-state index in [4.69, 9.17) is 5.84 Å². The SMILES string of the molecule is NNC(Cc1cccs1)Cc1cccc(F)c1Br. The van der Waals surface area contributed by atoms with Gasteiger partial charge in [-0.25, -0.2) is 4.39 Å². The highest BCUT2D eigenvalue weighted by Crippen LogP contribution is 2.22. The van der Waals surface area contributed by atoms with Gasteiger partial charge in [-0.2, -0.15) is 0 Å². The number of halogens is 2. The van der Waals surface area contributed by atoms with Gasteiger partial charge in [-0.3, -0.25) is 11.3 Å². The van der Waals surface area contributed by atoms with Gasteiger partial charge in [-0.1, -0.05) is 18.2 Å². The first kappa shape index (κ1) is 13.7. The fourth-order valence-electron chi connectivity index (χ4n) is 1.83. The van der Waals surface area contributed by atoms with Gasteiger partial charge in [0.2, 0.25) is 0 Å². The highest BCUT2D eigenvalue weighted by Gasteiger charge is 2.13. The largest absolute Gasteiger partial charge is 0.271 e. The maximum Gasteiger partial charge on any atom is 0.137 e. The normalized spacial score (nSPS) is 12.6. The molecule has 2 rings (SSSR count). The number of hydrazine groups is 1. The van der Waals surface area contributed by atoms with Crippen LogP contribution in [0.5, 0.6) is 0 Å². The lowest BCUT2D eigenvalue weighted by Crippen LogP contribution is -2.38. The molecule has 1 atom stereocenters. The van der Waals surface area contributed by atoms with Crippen LogP contribution in [-0.2, 0) is 12.8 Å². The van der Waals surface area contributed by atoms with E-state index in [0.29, 0.717) is 10.9 Å². The predicted octanol–water partition coefficient (Wildman–Crippen LogP) is 3.27. The summed E-state index contributed by atoms with van der Waals surface area (Å²) in [6.45, 7) is 0. The molecular weight excluding hydrogens is 315 g/mol. The number of nitrogens with one attached hydrogen (secondary N) is 1. The van der Waals surface area contributed by atoms with Gasteiger partial charge in [0.15, 0.2) is 0 Å². The third-order valence-electron chi connectivity index (χ3n) is 2.76. The molecular formula is C13H14BrFN2S. The Bertz CT molecular complexity index is 502. The van der Waals surface area contributed by atoms with Crippen molar-refractivity contribution in [3.63, 3.8) is 0 Å². The Kier molecular flexibility index (Phi) is 4.88. The Labute approximate surface area is 118 Å². The van der Waals surface area contributed by atoms with Crippen LogP contribution >= 0.6 is 27.3 Å². The van der Waals surface area contributed by atoms with Crippen molar-refractivity contribution in [3.8, 4) is 0 Å². The summed E-state index contributed by atoms with van der Waals surface area (Å²) in [6.07, 6.45) is 1.53. The highest BCUT2D eigenvalue weighted by atomic mass is 79.9. The van der Waals surface area contributed by atoms with Crippen LogP contribution in [0.1, 0.15) is 10.4 Å². The van der Waals surface area contributed by atoms with Crippen molar-refractivity contribution in [1.29, 1.82) is 0 Å². The molecule has 0 aliphatic rings. The Hall–Kier alpha value is -0.750. The Morgan fingerprint density at radius 2 is 2.11 bits per heavy atom. The Balaban J connectivity index is 2.08. The fourth-order valence-corrected chi connectivity index (χ4v) is 3.05. The van der Waals surface area contributed by atoms with Crippen molar-refractivity contribution in [2.24, 2.45) is 5.84 Å². The van der Waals surface area contributed by atoms with Gasteiger partial charge < -0.3 is 0 Å². The molecule has 0 spiro atoms. The topological polar surface area (TPSA) is 38.0 Å². The third kappa shape index (κ3) is 3.38. The lowest BCUT2D eigenvalue weighted by Gasteiger charge is -2.16. The first-order valence-corrected chi connectivity index (χ1v) is 7.29. The van der Waals surface area contributed by atoms with E-state index in [1.807, 2.05) is 17.5 Å². The molecule has 1 aromatic heterocycles. The van der Waals surface area contributed by atoms with Crippen molar-refractivity contribution in [1.82, 2.24) is 5.43 Å². The van der Waals surface area contributed by atoms with Gasteiger partial charge in [0.25, 0.3) is 0 Å². The molecule has 1 heterocycles. The van der Waals surface area contributed by atoms with E-state index in [0.717, 1.165) is 12.0 Å². The van der Waals surface area contributed by atoms with Crippen LogP contribution in [0.4, 0.5) is 4.39 Å². The summed E-state index contributed by atoms with van der Waals surface area (Å²) in [5.41, 5.74) is 3.72. The van der Waals surface area contributed by atoms with Crippen LogP contribution in [0, 0.1) is 5.82 Å². The maximum absolute atomic E-state index is 13.4. The summed E-state index contributed by atoms with van der Waals surface area (Å²) in [6, 6.07) is 9.26. The molecule has 5 heteroatoms. The van der Waals surface area contributed by atoms with Crippen LogP contribution in [-0.4, -0.2) is 6.04 Å². The lowest BCUT2D eigenvalue weighted by molar-refractivity contribution is 0.522. The molecule has 0 aliphatic heterocycles. The van der Waals surface area contributed by atoms with Crippen LogP contribution in [0.3, 0.4) is 0 Å². The summed E-state index contributed by atoms with van der Waals surface area (Å²) in [4.78, 5) is 1.27. The molecule has 0 radical (unpaired) electrons. The zero-order chi connectivity index (χ0) is 13.0. The Morgan fingerprint density at radius 3 is 2.78 bits per heavy atom. The molecule has 3 N–H and O–H groups in total. The predicted molar refractivity (Wildman–Crippen MR) is 76.9 cm³/mol. The zero-order valence-corrected chi connectivity index (χ0v) is 12.1. The zero-order valence-electron chi connectivity index (χ0n) is 9.70. The van der Waals surface area contributed by atoms with E-state index >= 15 is 0 Å². The van der Waals surface area contributed by atoms with Gasteiger partial charge in [0.05, 0.1) is 4.47 Å². The summed E-state index contributed by atoms with van der Waals surface area (Å²) >= 11 is 4.98. The second-order valence-electron chi connectivity index (χ2n) is 4.06. The minimum Gasteiger partial charge on any atom is -0.271 e. The van der Waals surface area contributed by atoms with Crippen molar-refractivity contribution in [2.45, 2.75) is 18.9 Å². The van der Waals surface area contributed by atoms with Crippen molar-refractivity contribution >= 4 is 27.3 Å². The summed E-state index contributed by atoms with van der Waals surface area (Å²) in [5, 5.41) is 2.04. The van der Waals surface area contributed by atoms with E-state index in [9.17, 15) is 4.39 Å². The smallest absolute Gasteiger partial charge is 0.137 e. The average molecular weight is 329 g/mol. The number of benzene rings is 1. The maximum atomic E-state index is 13.4. The van der Waals surface area contributed by atoms with Gasteiger partial charge in [-0.15, -0.1) is 11.3 Å². The number of thiophene rings is 1. The quantitative estimate of drug-likeness (QED) is 0.653. The number of rotatable bonds is 5. The minimum absolute atomic E-state index is 0.0988. The molecule has 2 nitrogen and oxygen atoms in total. The van der Waals surface area contributed by atoms with Crippen LogP contribution in [0.15, 0.2) is 40.2 Å². The second kappa shape index (κ2) is 6.43. The van der Waals surface area contributed by atoms with Crippen molar-refractivity contribution in [3.05, 3.63) is 56.4 Å². The molecule has 0 amide bonds. The average Bonchev–Trinajstić information content (AvgIpc) is 2.86. The molecule has 0 bridgehead atoms. The monoisotopic (exact) mass is 328 g/mol. The summed E-state index contributed by atoms with van der Waals surface area (Å²) in [5.74, 6) is 5.33. The first-order valence-electron chi connectivity index (χ1n) is 5.62. The standard InChI is InChI=1S/C13H14BrFN2S/c14-13-9(3-1-5-12(13)15)7-10(17-16)8-11-4-2-6-18-11/h1-6,10,17H,7-8,16H2. The first-order chi connectivity index (χ1) is 8.70. The number of hydrogen-bond donors (Lipinski definition) is 2. The summed E-state index contributed by atoms with van der Waals surface area (Å²) < 4.78 is 13.9. The third-order valence-corrected chi connectivity index (χ3v) is 4.55. The van der Waals surface area contributed by atoms with Crippen LogP contribution < -0.4 is 11.3 Å². The number of hydrogen-bond acceptors (Lipinski definition) is 3. The van der Waals surface area contributed by atoms with Gasteiger partial charge in [0, 0.05) is 10.9 Å². The van der Waals surface area contributed by atoms with Gasteiger partial charge in [0.1, 0.15) is 5.82 Å². The van der Waals surface area contributed by atoms with E-state index in [1.165, 1.54) is 10.9 Å². The van der Waals surface area contributed by atoms with E-state index < -0.39 is 0 Å². The molecule has 2 aromatic rings. The van der Waals surface area contributed by atoms with Crippen molar-refractivity contribution < 1.29 is 4.39 Å². The fraction of sp³-hybridized carbons (Fsp3) is 0.231. The minimum atomic E-state index is -0.237. The molecule has 0 aliphatic carbocycles. The molecule has 1 aromatic carbocycles. The van der Waals surface area contributed by atoms with E-state index in [-0.39, 0.29) is 11.9 Å². The molecule has 0 saturated heterocycles. The Morgan fingerprint density at radius 1 is 1.28 bits per heavy atom. The number of nitrogens with two attached hydrogens (primary N) is 1. The van der Waals surface area contributed by atoms with Gasteiger partial charge >= 0.3 is 0 Å².